The molecule has 0 bridgehead atoms. The summed E-state index contributed by atoms with van der Waals surface area (Å²) in [5, 5.41) is 11.2. The molecule has 0 fully saturated rings. The zero-order valence-corrected chi connectivity index (χ0v) is 18.5. The van der Waals surface area contributed by atoms with Crippen molar-refractivity contribution in [2.75, 3.05) is 6.54 Å². The van der Waals surface area contributed by atoms with Crippen LogP contribution < -0.4 is 0 Å². The number of allylic oxidation sites excluding steroid dienone is 1. The maximum atomic E-state index is 13.6. The molecule has 0 unspecified atom stereocenters. The summed E-state index contributed by atoms with van der Waals surface area (Å²) in [5.74, 6) is 0. The summed E-state index contributed by atoms with van der Waals surface area (Å²) in [5.41, 5.74) is 3.89. The number of hydrogen-bond acceptors (Lipinski definition) is 5. The molecule has 0 atom stereocenters. The second-order valence-electron chi connectivity index (χ2n) is 7.89. The van der Waals surface area contributed by atoms with Gasteiger partial charge in [0.15, 0.2) is 0 Å². The van der Waals surface area contributed by atoms with Crippen LogP contribution in [-0.4, -0.2) is 39.5 Å². The summed E-state index contributed by atoms with van der Waals surface area (Å²) in [7, 11) is -3.66. The van der Waals surface area contributed by atoms with Gasteiger partial charge >= 0.3 is 0 Å². The third-order valence-electron chi connectivity index (χ3n) is 5.67. The van der Waals surface area contributed by atoms with Crippen molar-refractivity contribution in [2.45, 2.75) is 50.5 Å². The van der Waals surface area contributed by atoms with Gasteiger partial charge in [-0.2, -0.15) is 4.31 Å². The SMILES string of the molecule is Cc1cc(S(=O)(=O)N(CCC2=CCCCC2)Cc2ccccc2)ccc1-n1cnnn1. The highest BCUT2D eigenvalue weighted by Gasteiger charge is 2.25. The molecule has 162 valence electrons. The van der Waals surface area contributed by atoms with Crippen molar-refractivity contribution < 1.29 is 8.42 Å². The lowest BCUT2D eigenvalue weighted by Gasteiger charge is -2.24. The minimum Gasteiger partial charge on any atom is -0.207 e. The molecule has 8 heteroatoms. The Morgan fingerprint density at radius 1 is 1.10 bits per heavy atom. The van der Waals surface area contributed by atoms with Crippen molar-refractivity contribution in [3.63, 3.8) is 0 Å². The topological polar surface area (TPSA) is 81.0 Å². The molecule has 1 heterocycles. The first-order valence-electron chi connectivity index (χ1n) is 10.6. The fraction of sp³-hybridized carbons (Fsp3) is 0.348. The van der Waals surface area contributed by atoms with E-state index in [1.807, 2.05) is 37.3 Å². The Hall–Kier alpha value is -2.84. The molecule has 1 aliphatic carbocycles. The maximum absolute atomic E-state index is 13.6. The highest BCUT2D eigenvalue weighted by molar-refractivity contribution is 7.89. The molecule has 3 aromatic rings. The molecular weight excluding hydrogens is 410 g/mol. The van der Waals surface area contributed by atoms with Gasteiger partial charge in [0.1, 0.15) is 6.33 Å². The number of sulfonamides is 1. The van der Waals surface area contributed by atoms with E-state index in [2.05, 4.69) is 21.6 Å². The Bertz CT molecular complexity index is 1140. The minimum atomic E-state index is -3.66. The Labute approximate surface area is 183 Å². The van der Waals surface area contributed by atoms with Crippen molar-refractivity contribution in [1.82, 2.24) is 24.5 Å². The highest BCUT2D eigenvalue weighted by Crippen LogP contribution is 2.25. The van der Waals surface area contributed by atoms with Crippen LogP contribution in [0, 0.1) is 6.92 Å². The van der Waals surface area contributed by atoms with Crippen molar-refractivity contribution in [3.05, 3.63) is 77.6 Å². The number of benzene rings is 2. The van der Waals surface area contributed by atoms with E-state index >= 15 is 0 Å². The number of rotatable bonds is 8. The van der Waals surface area contributed by atoms with Crippen molar-refractivity contribution in [2.24, 2.45) is 0 Å². The summed E-state index contributed by atoms with van der Waals surface area (Å²) in [4.78, 5) is 0.287. The summed E-state index contributed by atoms with van der Waals surface area (Å²) >= 11 is 0. The molecule has 0 saturated carbocycles. The van der Waals surface area contributed by atoms with Crippen LogP contribution in [0.3, 0.4) is 0 Å². The normalized spacial score (nSPS) is 14.6. The van der Waals surface area contributed by atoms with Gasteiger partial charge in [-0.25, -0.2) is 13.1 Å². The molecule has 0 aliphatic heterocycles. The molecule has 2 aromatic carbocycles. The number of tetrazole rings is 1. The van der Waals surface area contributed by atoms with Crippen LogP contribution in [0.4, 0.5) is 0 Å². The first-order valence-corrected chi connectivity index (χ1v) is 12.0. The summed E-state index contributed by atoms with van der Waals surface area (Å²) in [6.45, 7) is 2.69. The monoisotopic (exact) mass is 437 g/mol. The molecule has 1 aliphatic rings. The number of nitrogens with zero attached hydrogens (tertiary/aromatic N) is 5. The van der Waals surface area contributed by atoms with Gasteiger partial charge in [0, 0.05) is 13.1 Å². The predicted octanol–water partition coefficient (Wildman–Crippen LogP) is 4.05. The minimum absolute atomic E-state index is 0.287. The summed E-state index contributed by atoms with van der Waals surface area (Å²) in [6.07, 6.45) is 9.13. The maximum Gasteiger partial charge on any atom is 0.243 e. The molecule has 31 heavy (non-hydrogen) atoms. The van der Waals surface area contributed by atoms with Gasteiger partial charge < -0.3 is 0 Å². The first kappa shape index (κ1) is 21.4. The number of aryl methyl sites for hydroxylation is 1. The van der Waals surface area contributed by atoms with Crippen LogP contribution in [-0.2, 0) is 16.6 Å². The second kappa shape index (κ2) is 9.53. The predicted molar refractivity (Wildman–Crippen MR) is 119 cm³/mol. The first-order chi connectivity index (χ1) is 15.0. The van der Waals surface area contributed by atoms with Crippen LogP contribution in [0.2, 0.25) is 0 Å². The molecule has 0 saturated heterocycles. The molecule has 0 amide bonds. The van der Waals surface area contributed by atoms with Gasteiger partial charge in [-0.1, -0.05) is 42.0 Å². The zero-order chi connectivity index (χ0) is 21.7. The fourth-order valence-electron chi connectivity index (χ4n) is 3.94. The number of hydrogen-bond donors (Lipinski definition) is 0. The van der Waals surface area contributed by atoms with Gasteiger partial charge in [0.25, 0.3) is 0 Å². The Kier molecular flexibility index (Phi) is 6.58. The molecule has 7 nitrogen and oxygen atoms in total. The number of aromatic nitrogens is 4. The van der Waals surface area contributed by atoms with Crippen LogP contribution in [0.1, 0.15) is 43.2 Å². The fourth-order valence-corrected chi connectivity index (χ4v) is 5.45. The lowest BCUT2D eigenvalue weighted by Crippen LogP contribution is -2.32. The lowest BCUT2D eigenvalue weighted by molar-refractivity contribution is 0.406. The van der Waals surface area contributed by atoms with Gasteiger partial charge in [0.05, 0.1) is 10.6 Å². The van der Waals surface area contributed by atoms with E-state index in [1.54, 1.807) is 22.5 Å². The van der Waals surface area contributed by atoms with Gasteiger partial charge in [0.2, 0.25) is 10.0 Å². The smallest absolute Gasteiger partial charge is 0.207 e. The Morgan fingerprint density at radius 3 is 2.61 bits per heavy atom. The largest absolute Gasteiger partial charge is 0.243 e. The van der Waals surface area contributed by atoms with E-state index in [1.165, 1.54) is 29.4 Å². The average molecular weight is 438 g/mol. The second-order valence-corrected chi connectivity index (χ2v) is 9.82. The standard InChI is InChI=1S/C23H27N5O2S/c1-19-16-22(12-13-23(19)28-18-24-25-26-28)31(29,30)27(17-21-10-6-3-7-11-21)15-14-20-8-4-2-5-9-20/h3,6-8,10-13,16,18H,2,4-5,9,14-15,17H2,1H3. The van der Waals surface area contributed by atoms with Crippen molar-refractivity contribution in [1.29, 1.82) is 0 Å². The van der Waals surface area contributed by atoms with Gasteiger partial charge in [-0.15, -0.1) is 5.10 Å². The van der Waals surface area contributed by atoms with Crippen molar-refractivity contribution in [3.8, 4) is 5.69 Å². The van der Waals surface area contributed by atoms with E-state index in [4.69, 9.17) is 0 Å². The van der Waals surface area contributed by atoms with Gasteiger partial charge in [-0.3, -0.25) is 0 Å². The summed E-state index contributed by atoms with van der Waals surface area (Å²) in [6, 6.07) is 14.8. The summed E-state index contributed by atoms with van der Waals surface area (Å²) < 4.78 is 30.4. The molecule has 0 N–H and O–H groups in total. The molecule has 1 aromatic heterocycles. The van der Waals surface area contributed by atoms with E-state index in [0.29, 0.717) is 13.1 Å². The van der Waals surface area contributed by atoms with E-state index in [0.717, 1.165) is 36.1 Å². The molecule has 0 radical (unpaired) electrons. The van der Waals surface area contributed by atoms with Gasteiger partial charge in [-0.05, 0) is 78.8 Å². The lowest BCUT2D eigenvalue weighted by atomic mass is 9.97. The zero-order valence-electron chi connectivity index (χ0n) is 17.7. The van der Waals surface area contributed by atoms with Crippen LogP contribution in [0.5, 0.6) is 0 Å². The Balaban J connectivity index is 1.62. The third-order valence-corrected chi connectivity index (χ3v) is 7.51. The molecule has 0 spiro atoms. The van der Waals surface area contributed by atoms with Crippen LogP contribution in [0.25, 0.3) is 5.69 Å². The van der Waals surface area contributed by atoms with Crippen LogP contribution in [0.15, 0.2) is 71.4 Å². The Morgan fingerprint density at radius 2 is 1.94 bits per heavy atom. The highest BCUT2D eigenvalue weighted by atomic mass is 32.2. The van der Waals surface area contributed by atoms with E-state index in [9.17, 15) is 8.42 Å². The van der Waals surface area contributed by atoms with E-state index < -0.39 is 10.0 Å². The quantitative estimate of drug-likeness (QED) is 0.497. The van der Waals surface area contributed by atoms with Crippen molar-refractivity contribution >= 4 is 10.0 Å². The molecular formula is C23H27N5O2S. The van der Waals surface area contributed by atoms with E-state index in [-0.39, 0.29) is 4.90 Å². The average Bonchev–Trinajstić information content (AvgIpc) is 3.32. The van der Waals surface area contributed by atoms with Crippen LogP contribution >= 0.6 is 0 Å². The third kappa shape index (κ3) is 5.08. The molecule has 4 rings (SSSR count).